The number of para-hydroxylation sites is 2. The van der Waals surface area contributed by atoms with Gasteiger partial charge in [-0.2, -0.15) is 0 Å². The molecule has 29 heavy (non-hydrogen) atoms. The third-order valence-corrected chi connectivity index (χ3v) is 4.72. The number of imidazole rings is 1. The molecule has 0 fully saturated rings. The highest BCUT2D eigenvalue weighted by Crippen LogP contribution is 2.18. The third-order valence-electron chi connectivity index (χ3n) is 4.44. The number of benzene rings is 1. The van der Waals surface area contributed by atoms with Gasteiger partial charge in [0.1, 0.15) is 6.54 Å². The maximum absolute atomic E-state index is 12.6. The number of carbonyl (C=O) groups is 2. The van der Waals surface area contributed by atoms with E-state index in [1.807, 2.05) is 35.8 Å². The van der Waals surface area contributed by atoms with Gasteiger partial charge in [0.2, 0.25) is 0 Å². The molecule has 3 rings (SSSR count). The number of amides is 1. The zero-order valence-electron chi connectivity index (χ0n) is 16.0. The molecular weight excluding hydrogens is 398 g/mol. The molecule has 0 saturated carbocycles. The first-order valence-electron chi connectivity index (χ1n) is 8.80. The maximum Gasteiger partial charge on any atom is 0.348 e. The number of nitrogens with zero attached hydrogens (tertiary/aromatic N) is 4. The summed E-state index contributed by atoms with van der Waals surface area (Å²) in [7, 11) is 1.33. The first kappa shape index (κ1) is 20.3. The van der Waals surface area contributed by atoms with Crippen molar-refractivity contribution < 1.29 is 18.9 Å². The predicted octanol–water partition coefficient (Wildman–Crippen LogP) is 0.660. The molecule has 0 bridgehead atoms. The molecule has 10 nitrogen and oxygen atoms in total. The second-order valence-electron chi connectivity index (χ2n) is 6.13. The fourth-order valence-corrected chi connectivity index (χ4v) is 3.24. The third kappa shape index (κ3) is 3.92. The van der Waals surface area contributed by atoms with E-state index in [4.69, 9.17) is 27.8 Å². The van der Waals surface area contributed by atoms with Gasteiger partial charge >= 0.3 is 5.97 Å². The monoisotopic (exact) mass is 418 g/mol. The minimum atomic E-state index is -0.561. The predicted molar refractivity (Wildman–Crippen MR) is 107 cm³/mol. The second kappa shape index (κ2) is 8.31. The number of nitrogens with two attached hydrogens (primary N) is 2. The van der Waals surface area contributed by atoms with E-state index >= 15 is 0 Å². The fraction of sp³-hybridized carbons (Fsp3) is 0.278. The molecule has 3 aromatic rings. The summed E-state index contributed by atoms with van der Waals surface area (Å²) >= 11 is 5.85. The number of nitrogen functional groups attached to an aromatic ring is 2. The SMILES string of the molecule is CCn1c(CNC(=O)c2nc(Cl)c(N)nc2N)[n+](CC(=O)OC)c2ccccc21. The summed E-state index contributed by atoms with van der Waals surface area (Å²) in [5.74, 6) is -0.428. The van der Waals surface area contributed by atoms with Gasteiger partial charge < -0.3 is 21.5 Å². The number of esters is 1. The average Bonchev–Trinajstić information content (AvgIpc) is 3.01. The van der Waals surface area contributed by atoms with Crippen molar-refractivity contribution in [3.63, 3.8) is 0 Å². The van der Waals surface area contributed by atoms with E-state index in [2.05, 4.69) is 15.3 Å². The van der Waals surface area contributed by atoms with Crippen molar-refractivity contribution in [2.45, 2.75) is 26.6 Å². The standard InChI is InChI=1S/C18H20ClN7O3/c1-3-25-10-6-4-5-7-11(10)26(9-13(27)29-2)12(25)8-22-18(28)14-16(20)24-17(21)15(19)23-14/h4-7H,3,8-9H2,1-2H3,(H4-,20,21,22,24,28)/p+1. The van der Waals surface area contributed by atoms with E-state index in [0.717, 1.165) is 11.0 Å². The van der Waals surface area contributed by atoms with Crippen LogP contribution < -0.4 is 21.4 Å². The summed E-state index contributed by atoms with van der Waals surface area (Å²) in [6, 6.07) is 7.64. The Morgan fingerprint density at radius 1 is 1.24 bits per heavy atom. The Bertz CT molecular complexity index is 1100. The number of hydrogen-bond acceptors (Lipinski definition) is 7. The highest BCUT2D eigenvalue weighted by Gasteiger charge is 2.27. The minimum Gasteiger partial charge on any atom is -0.466 e. The number of carbonyl (C=O) groups excluding carboxylic acids is 2. The van der Waals surface area contributed by atoms with E-state index in [0.29, 0.717) is 12.4 Å². The molecule has 1 aromatic carbocycles. The maximum atomic E-state index is 12.6. The van der Waals surface area contributed by atoms with Crippen molar-refractivity contribution in [1.82, 2.24) is 19.9 Å². The number of hydrogen-bond donors (Lipinski definition) is 3. The van der Waals surface area contributed by atoms with Gasteiger partial charge in [-0.1, -0.05) is 23.7 Å². The number of fused-ring (bicyclic) bond motifs is 1. The molecule has 0 saturated heterocycles. The Morgan fingerprint density at radius 2 is 1.97 bits per heavy atom. The van der Waals surface area contributed by atoms with E-state index in [1.165, 1.54) is 7.11 Å². The molecule has 5 N–H and O–H groups in total. The van der Waals surface area contributed by atoms with E-state index in [-0.39, 0.29) is 35.6 Å². The topological polar surface area (TPSA) is 142 Å². The van der Waals surface area contributed by atoms with Crippen LogP contribution in [0.3, 0.4) is 0 Å². The molecule has 0 unspecified atom stereocenters. The van der Waals surface area contributed by atoms with E-state index in [1.54, 1.807) is 4.57 Å². The van der Waals surface area contributed by atoms with Crippen molar-refractivity contribution in [3.8, 4) is 0 Å². The molecule has 0 radical (unpaired) electrons. The highest BCUT2D eigenvalue weighted by atomic mass is 35.5. The Labute approximate surface area is 171 Å². The number of anilines is 2. The summed E-state index contributed by atoms with van der Waals surface area (Å²) in [5.41, 5.74) is 12.9. The Morgan fingerprint density at radius 3 is 2.66 bits per heavy atom. The number of ether oxygens (including phenoxy) is 1. The summed E-state index contributed by atoms with van der Waals surface area (Å²) < 4.78 is 8.62. The van der Waals surface area contributed by atoms with Gasteiger partial charge in [0.25, 0.3) is 11.7 Å². The molecule has 0 aliphatic rings. The van der Waals surface area contributed by atoms with Gasteiger partial charge in [-0.15, -0.1) is 0 Å². The molecule has 2 aromatic heterocycles. The van der Waals surface area contributed by atoms with E-state index in [9.17, 15) is 9.59 Å². The van der Waals surface area contributed by atoms with Crippen molar-refractivity contribution in [2.75, 3.05) is 18.6 Å². The van der Waals surface area contributed by atoms with Gasteiger partial charge in [-0.3, -0.25) is 4.79 Å². The van der Waals surface area contributed by atoms with Crippen LogP contribution in [0.5, 0.6) is 0 Å². The Balaban J connectivity index is 1.97. The van der Waals surface area contributed by atoms with Gasteiger partial charge in [0.15, 0.2) is 40.1 Å². The molecule has 1 amide bonds. The molecule has 0 aliphatic carbocycles. The van der Waals surface area contributed by atoms with Gasteiger partial charge in [0, 0.05) is 0 Å². The van der Waals surface area contributed by atoms with Gasteiger partial charge in [0.05, 0.1) is 13.7 Å². The van der Waals surface area contributed by atoms with Crippen molar-refractivity contribution in [2.24, 2.45) is 0 Å². The van der Waals surface area contributed by atoms with Crippen LogP contribution in [0.25, 0.3) is 11.0 Å². The van der Waals surface area contributed by atoms with Crippen LogP contribution in [0.4, 0.5) is 11.6 Å². The first-order chi connectivity index (χ1) is 13.9. The lowest BCUT2D eigenvalue weighted by atomic mass is 10.3. The lowest BCUT2D eigenvalue weighted by molar-refractivity contribution is -0.669. The number of rotatable bonds is 6. The van der Waals surface area contributed by atoms with Crippen molar-refractivity contribution >= 4 is 46.1 Å². The van der Waals surface area contributed by atoms with Crippen LogP contribution in [0, 0.1) is 0 Å². The lowest BCUT2D eigenvalue weighted by Gasteiger charge is -2.08. The number of methoxy groups -OCH3 is 1. The number of halogens is 1. The smallest absolute Gasteiger partial charge is 0.348 e. The highest BCUT2D eigenvalue weighted by molar-refractivity contribution is 6.31. The second-order valence-corrected chi connectivity index (χ2v) is 6.49. The molecule has 0 aliphatic heterocycles. The summed E-state index contributed by atoms with van der Waals surface area (Å²) in [5, 5.41) is 2.65. The molecular formula is C18H21ClN7O3+. The number of nitrogens with one attached hydrogen (secondary N) is 1. The van der Waals surface area contributed by atoms with Gasteiger partial charge in [-0.05, 0) is 19.1 Å². The van der Waals surface area contributed by atoms with Crippen molar-refractivity contribution in [3.05, 3.63) is 40.9 Å². The quantitative estimate of drug-likeness (QED) is 0.394. The molecule has 2 heterocycles. The average molecular weight is 419 g/mol. The minimum absolute atomic E-state index is 0.00482. The Kier molecular flexibility index (Phi) is 5.83. The summed E-state index contributed by atoms with van der Waals surface area (Å²) in [6.45, 7) is 2.73. The summed E-state index contributed by atoms with van der Waals surface area (Å²) in [4.78, 5) is 32.3. The zero-order chi connectivity index (χ0) is 21.1. The molecule has 0 spiro atoms. The van der Waals surface area contributed by atoms with Crippen LogP contribution in [0.2, 0.25) is 5.15 Å². The van der Waals surface area contributed by atoms with Crippen LogP contribution >= 0.6 is 11.6 Å². The lowest BCUT2D eigenvalue weighted by Crippen LogP contribution is -2.44. The molecule has 152 valence electrons. The summed E-state index contributed by atoms with van der Waals surface area (Å²) in [6.07, 6.45) is 0. The van der Waals surface area contributed by atoms with Crippen molar-refractivity contribution in [1.29, 1.82) is 0 Å². The van der Waals surface area contributed by atoms with Crippen LogP contribution in [0.1, 0.15) is 23.2 Å². The molecule has 0 atom stereocenters. The van der Waals surface area contributed by atoms with Crippen LogP contribution in [-0.2, 0) is 29.2 Å². The van der Waals surface area contributed by atoms with Crippen LogP contribution in [-0.4, -0.2) is 33.5 Å². The number of aryl methyl sites for hydroxylation is 1. The molecule has 11 heteroatoms. The largest absolute Gasteiger partial charge is 0.466 e. The van der Waals surface area contributed by atoms with Crippen LogP contribution in [0.15, 0.2) is 24.3 Å². The number of aromatic nitrogens is 4. The zero-order valence-corrected chi connectivity index (χ0v) is 16.7. The fourth-order valence-electron chi connectivity index (χ4n) is 3.11. The normalized spacial score (nSPS) is 10.9. The van der Waals surface area contributed by atoms with E-state index < -0.39 is 11.9 Å². The van der Waals surface area contributed by atoms with Gasteiger partial charge in [-0.25, -0.2) is 23.9 Å². The Hall–Kier alpha value is -3.40. The first-order valence-corrected chi connectivity index (χ1v) is 9.18.